The predicted octanol–water partition coefficient (Wildman–Crippen LogP) is 4.27. The van der Waals surface area contributed by atoms with Gasteiger partial charge in [-0.05, 0) is 54.4 Å². The van der Waals surface area contributed by atoms with Crippen molar-refractivity contribution in [2.75, 3.05) is 11.9 Å². The van der Waals surface area contributed by atoms with Gasteiger partial charge in [0.15, 0.2) is 9.34 Å². The number of nitrogens with one attached hydrogen (secondary N) is 2. The minimum absolute atomic E-state index is 0.00966. The lowest BCUT2D eigenvalue weighted by molar-refractivity contribution is -0.118. The molecule has 2 N–H and O–H groups in total. The number of thiazole rings is 1. The van der Waals surface area contributed by atoms with Crippen LogP contribution < -0.4 is 10.0 Å². The summed E-state index contributed by atoms with van der Waals surface area (Å²) in [6.07, 6.45) is 2.91. The summed E-state index contributed by atoms with van der Waals surface area (Å²) < 4.78 is 36.8. The van der Waals surface area contributed by atoms with Crippen molar-refractivity contribution in [2.24, 2.45) is 22.7 Å². The highest BCUT2D eigenvalue weighted by Crippen LogP contribution is 2.70. The Kier molecular flexibility index (Phi) is 5.47. The number of fused-ring (bicyclic) bond motifs is 1. The summed E-state index contributed by atoms with van der Waals surface area (Å²) in [5, 5.41) is 2.91. The number of aryl methyl sites for hydroxylation is 1. The minimum Gasteiger partial charge on any atom is -0.373 e. The number of nitrogens with zero attached hydrogens (tertiary/aromatic N) is 1. The molecule has 1 aliphatic heterocycles. The molecule has 5 rings (SSSR count). The van der Waals surface area contributed by atoms with Crippen LogP contribution in [0.2, 0.25) is 0 Å². The van der Waals surface area contributed by atoms with E-state index >= 15 is 0 Å². The maximum Gasteiger partial charge on any atom is 0.252 e. The molecule has 2 aliphatic carbocycles. The van der Waals surface area contributed by atoms with Crippen molar-refractivity contribution >= 4 is 32.4 Å². The Labute approximate surface area is 199 Å². The topological polar surface area (TPSA) is 97.4 Å². The molecule has 5 atom stereocenters. The SMILES string of the molecule is CC(=O)Nc1nc(C)c(S(=O)(=O)N[C@H]2C(C)(C)[C@@H]3C[C@@H]4[C@@H](c5ccccc5)OCCC42C3)s1. The molecular weight excluding hydrogens is 458 g/mol. The molecule has 1 unspecified atom stereocenters. The molecule has 1 saturated heterocycles. The lowest BCUT2D eigenvalue weighted by Gasteiger charge is -2.53. The fourth-order valence-electron chi connectivity index (χ4n) is 6.74. The predicted molar refractivity (Wildman–Crippen MR) is 127 cm³/mol. The number of rotatable bonds is 5. The van der Waals surface area contributed by atoms with E-state index in [0.717, 1.165) is 30.6 Å². The van der Waals surface area contributed by atoms with Crippen molar-refractivity contribution in [1.82, 2.24) is 9.71 Å². The van der Waals surface area contributed by atoms with Gasteiger partial charge < -0.3 is 10.1 Å². The molecule has 1 aromatic heterocycles. The van der Waals surface area contributed by atoms with E-state index in [1.807, 2.05) is 18.2 Å². The van der Waals surface area contributed by atoms with Crippen LogP contribution in [-0.4, -0.2) is 32.0 Å². The molecular formula is C24H31N3O4S2. The highest BCUT2D eigenvalue weighted by atomic mass is 32.2. The number of hydrogen-bond donors (Lipinski definition) is 2. The molecule has 2 heterocycles. The fraction of sp³-hybridized carbons (Fsp3) is 0.583. The maximum atomic E-state index is 13.6. The van der Waals surface area contributed by atoms with Gasteiger partial charge in [-0.2, -0.15) is 0 Å². The van der Waals surface area contributed by atoms with Gasteiger partial charge in [0.05, 0.1) is 11.8 Å². The lowest BCUT2D eigenvalue weighted by Crippen LogP contribution is -2.58. The van der Waals surface area contributed by atoms with Crippen LogP contribution in [0.1, 0.15) is 57.4 Å². The molecule has 33 heavy (non-hydrogen) atoms. The average Bonchev–Trinajstić information content (AvgIpc) is 3.38. The number of sulfonamides is 1. The van der Waals surface area contributed by atoms with Crippen LogP contribution in [-0.2, 0) is 19.6 Å². The van der Waals surface area contributed by atoms with Crippen molar-refractivity contribution in [3.63, 3.8) is 0 Å². The molecule has 2 bridgehead atoms. The maximum absolute atomic E-state index is 13.6. The van der Waals surface area contributed by atoms with Gasteiger partial charge in [-0.3, -0.25) is 4.79 Å². The van der Waals surface area contributed by atoms with E-state index < -0.39 is 10.0 Å². The van der Waals surface area contributed by atoms with Crippen molar-refractivity contribution < 1.29 is 17.9 Å². The molecule has 1 aromatic carbocycles. The summed E-state index contributed by atoms with van der Waals surface area (Å²) in [5.41, 5.74) is 1.27. The van der Waals surface area contributed by atoms with Crippen LogP contribution in [0, 0.1) is 29.6 Å². The zero-order valence-corrected chi connectivity index (χ0v) is 21.1. The summed E-state index contributed by atoms with van der Waals surface area (Å²) in [6.45, 7) is 8.08. The van der Waals surface area contributed by atoms with Gasteiger partial charge in [0.25, 0.3) is 10.0 Å². The Bertz CT molecular complexity index is 1180. The highest BCUT2D eigenvalue weighted by Gasteiger charge is 2.69. The Morgan fingerprint density at radius 2 is 1.97 bits per heavy atom. The van der Waals surface area contributed by atoms with Gasteiger partial charge in [0.1, 0.15) is 0 Å². The quantitative estimate of drug-likeness (QED) is 0.654. The Morgan fingerprint density at radius 3 is 2.67 bits per heavy atom. The van der Waals surface area contributed by atoms with Gasteiger partial charge in [-0.25, -0.2) is 18.1 Å². The van der Waals surface area contributed by atoms with Crippen LogP contribution in [0.25, 0.3) is 0 Å². The van der Waals surface area contributed by atoms with Gasteiger partial charge in [-0.15, -0.1) is 0 Å². The van der Waals surface area contributed by atoms with E-state index in [1.165, 1.54) is 12.5 Å². The zero-order chi connectivity index (χ0) is 23.6. The Balaban J connectivity index is 1.49. The van der Waals surface area contributed by atoms with Gasteiger partial charge in [-0.1, -0.05) is 55.5 Å². The third kappa shape index (κ3) is 3.64. The van der Waals surface area contributed by atoms with Crippen LogP contribution in [0.15, 0.2) is 34.5 Å². The molecule has 0 radical (unpaired) electrons. The fourth-order valence-corrected chi connectivity index (χ4v) is 9.70. The molecule has 3 aliphatic rings. The Morgan fingerprint density at radius 1 is 1.24 bits per heavy atom. The van der Waals surface area contributed by atoms with E-state index in [0.29, 0.717) is 23.4 Å². The number of anilines is 1. The summed E-state index contributed by atoms with van der Waals surface area (Å²) in [6, 6.07) is 10.1. The van der Waals surface area contributed by atoms with E-state index in [2.05, 4.69) is 41.0 Å². The molecule has 178 valence electrons. The van der Waals surface area contributed by atoms with E-state index in [-0.39, 0.29) is 39.0 Å². The summed E-state index contributed by atoms with van der Waals surface area (Å²) >= 11 is 1.00. The second-order valence-corrected chi connectivity index (χ2v) is 13.3. The first kappa shape index (κ1) is 23.0. The number of ether oxygens (including phenoxy) is 1. The van der Waals surface area contributed by atoms with Gasteiger partial charge in [0.2, 0.25) is 5.91 Å². The third-order valence-electron chi connectivity index (χ3n) is 8.19. The van der Waals surface area contributed by atoms with Crippen molar-refractivity contribution in [1.29, 1.82) is 0 Å². The first-order chi connectivity index (χ1) is 15.5. The number of carbonyl (C=O) groups is 1. The largest absolute Gasteiger partial charge is 0.373 e. The second-order valence-electron chi connectivity index (χ2n) is 10.4. The van der Waals surface area contributed by atoms with Crippen molar-refractivity contribution in [3.05, 3.63) is 41.6 Å². The minimum atomic E-state index is -3.81. The third-order valence-corrected chi connectivity index (χ3v) is 11.3. The van der Waals surface area contributed by atoms with E-state index in [1.54, 1.807) is 6.92 Å². The standard InChI is InChI=1S/C24H31N3O4S2/c1-14-20(32-22(25-14)26-15(2)28)33(29,30)27-21-23(3,4)17-12-18-19(16-8-6-5-7-9-16)31-11-10-24(18,21)13-17/h5-9,17-19,21,27H,10-13H2,1-4H3,(H,25,26,28)/t17-,18-,19-,21+,24?/m1/s1. The number of carbonyl (C=O) groups excluding carboxylic acids is 1. The van der Waals surface area contributed by atoms with Crippen LogP contribution >= 0.6 is 11.3 Å². The van der Waals surface area contributed by atoms with Gasteiger partial charge in [0, 0.05) is 19.6 Å². The summed E-state index contributed by atoms with van der Waals surface area (Å²) in [5.74, 6) is 0.434. The van der Waals surface area contributed by atoms with Crippen LogP contribution in [0.3, 0.4) is 0 Å². The van der Waals surface area contributed by atoms with Crippen LogP contribution in [0.4, 0.5) is 5.13 Å². The second kappa shape index (κ2) is 7.86. The van der Waals surface area contributed by atoms with Gasteiger partial charge >= 0.3 is 0 Å². The molecule has 2 aromatic rings. The van der Waals surface area contributed by atoms with Crippen LogP contribution in [0.5, 0.6) is 0 Å². The normalized spacial score (nSPS) is 32.5. The lowest BCUT2D eigenvalue weighted by atomic mass is 9.59. The number of aromatic nitrogens is 1. The van der Waals surface area contributed by atoms with E-state index in [9.17, 15) is 13.2 Å². The molecule has 3 fully saturated rings. The first-order valence-corrected chi connectivity index (χ1v) is 13.8. The Hall–Kier alpha value is -1.81. The molecule has 2 saturated carbocycles. The van der Waals surface area contributed by atoms with E-state index in [4.69, 9.17) is 4.74 Å². The monoisotopic (exact) mass is 489 g/mol. The average molecular weight is 490 g/mol. The molecule has 1 spiro atoms. The first-order valence-electron chi connectivity index (χ1n) is 11.5. The summed E-state index contributed by atoms with van der Waals surface area (Å²) in [7, 11) is -3.81. The molecule has 1 amide bonds. The number of hydrogen-bond acceptors (Lipinski definition) is 6. The summed E-state index contributed by atoms with van der Waals surface area (Å²) in [4.78, 5) is 15.7. The van der Waals surface area contributed by atoms with Crippen molar-refractivity contribution in [2.45, 2.75) is 63.3 Å². The number of benzene rings is 1. The highest BCUT2D eigenvalue weighted by molar-refractivity contribution is 7.91. The number of amides is 1. The smallest absolute Gasteiger partial charge is 0.252 e. The molecule has 7 nitrogen and oxygen atoms in total. The molecule has 9 heteroatoms. The zero-order valence-electron chi connectivity index (χ0n) is 19.4. The van der Waals surface area contributed by atoms with Crippen molar-refractivity contribution in [3.8, 4) is 0 Å².